The second kappa shape index (κ2) is 9.80. The second-order valence-corrected chi connectivity index (χ2v) is 9.21. The first-order valence-electron chi connectivity index (χ1n) is 9.35. The molecule has 162 valence electrons. The third kappa shape index (κ3) is 6.19. The van der Waals surface area contributed by atoms with Crippen molar-refractivity contribution in [2.24, 2.45) is 0 Å². The van der Waals surface area contributed by atoms with Gasteiger partial charge >= 0.3 is 0 Å². The molecule has 1 N–H and O–H groups in total. The van der Waals surface area contributed by atoms with E-state index in [0.29, 0.717) is 16.5 Å². The number of pyridine rings is 1. The van der Waals surface area contributed by atoms with Gasteiger partial charge in [0.25, 0.3) is 0 Å². The number of halogens is 1. The van der Waals surface area contributed by atoms with Gasteiger partial charge in [0.15, 0.2) is 0 Å². The number of ether oxygens (including phenoxy) is 1. The number of methoxy groups -OCH3 is 1. The summed E-state index contributed by atoms with van der Waals surface area (Å²) in [5.41, 5.74) is 2.96. The SMILES string of the molecule is COc1ccc(Cl)cc1N(CC(=O)Nc1ccc(Cc2ccncc2)cc1)S(C)(=O)=O. The van der Waals surface area contributed by atoms with Gasteiger partial charge in [-0.15, -0.1) is 0 Å². The van der Waals surface area contributed by atoms with E-state index in [0.717, 1.165) is 28.1 Å². The Kier molecular flexibility index (Phi) is 7.14. The standard InChI is InChI=1S/C22H22ClN3O4S/c1-30-21-8-5-18(23)14-20(21)26(31(2,28)29)15-22(27)25-19-6-3-16(4-7-19)13-17-9-11-24-12-10-17/h3-12,14H,13,15H2,1-2H3,(H,25,27). The number of benzene rings is 2. The van der Waals surface area contributed by atoms with Crippen LogP contribution < -0.4 is 14.4 Å². The first kappa shape index (κ1) is 22.6. The van der Waals surface area contributed by atoms with Gasteiger partial charge < -0.3 is 10.1 Å². The Morgan fingerprint density at radius 3 is 2.32 bits per heavy atom. The van der Waals surface area contributed by atoms with Crippen molar-refractivity contribution in [2.75, 3.05) is 29.5 Å². The normalized spacial score (nSPS) is 11.1. The van der Waals surface area contributed by atoms with Gasteiger partial charge in [0.1, 0.15) is 12.3 Å². The van der Waals surface area contributed by atoms with E-state index in [1.807, 2.05) is 24.3 Å². The Hall–Kier alpha value is -3.10. The zero-order valence-corrected chi connectivity index (χ0v) is 18.7. The molecule has 3 aromatic rings. The molecular formula is C22H22ClN3O4S. The van der Waals surface area contributed by atoms with E-state index in [4.69, 9.17) is 16.3 Å². The smallest absolute Gasteiger partial charge is 0.245 e. The number of nitrogens with zero attached hydrogens (tertiary/aromatic N) is 2. The van der Waals surface area contributed by atoms with Crippen molar-refractivity contribution in [3.8, 4) is 5.75 Å². The van der Waals surface area contributed by atoms with Crippen LogP contribution in [0.4, 0.5) is 11.4 Å². The number of hydrogen-bond acceptors (Lipinski definition) is 5. The molecule has 0 fully saturated rings. The minimum absolute atomic E-state index is 0.195. The fourth-order valence-electron chi connectivity index (χ4n) is 3.01. The molecule has 3 rings (SSSR count). The summed E-state index contributed by atoms with van der Waals surface area (Å²) in [4.78, 5) is 16.6. The molecule has 2 aromatic carbocycles. The zero-order chi connectivity index (χ0) is 22.4. The summed E-state index contributed by atoms with van der Waals surface area (Å²) in [6.45, 7) is -0.422. The Morgan fingerprint density at radius 1 is 1.06 bits per heavy atom. The Labute approximate surface area is 186 Å². The Bertz CT molecular complexity index is 1150. The summed E-state index contributed by atoms with van der Waals surface area (Å²) in [7, 11) is -2.35. The van der Waals surface area contributed by atoms with E-state index in [1.54, 1.807) is 36.7 Å². The largest absolute Gasteiger partial charge is 0.495 e. The molecule has 0 aliphatic carbocycles. The van der Waals surface area contributed by atoms with Gasteiger partial charge in [0, 0.05) is 23.1 Å². The molecule has 7 nitrogen and oxygen atoms in total. The lowest BCUT2D eigenvalue weighted by atomic mass is 10.1. The molecule has 9 heteroatoms. The maximum absolute atomic E-state index is 12.6. The highest BCUT2D eigenvalue weighted by molar-refractivity contribution is 7.92. The van der Waals surface area contributed by atoms with Crippen molar-refractivity contribution in [2.45, 2.75) is 6.42 Å². The van der Waals surface area contributed by atoms with Crippen LogP contribution in [0.2, 0.25) is 5.02 Å². The van der Waals surface area contributed by atoms with Gasteiger partial charge in [-0.25, -0.2) is 8.42 Å². The average molecular weight is 460 g/mol. The molecule has 0 spiro atoms. The maximum atomic E-state index is 12.6. The highest BCUT2D eigenvalue weighted by Crippen LogP contribution is 2.32. The van der Waals surface area contributed by atoms with Crippen molar-refractivity contribution in [1.82, 2.24) is 4.98 Å². The van der Waals surface area contributed by atoms with Gasteiger partial charge in [-0.1, -0.05) is 23.7 Å². The molecule has 0 aliphatic heterocycles. The number of aromatic nitrogens is 1. The highest BCUT2D eigenvalue weighted by atomic mass is 35.5. The predicted molar refractivity (Wildman–Crippen MR) is 122 cm³/mol. The lowest BCUT2D eigenvalue weighted by Gasteiger charge is -2.24. The molecule has 0 unspecified atom stereocenters. The number of anilines is 2. The van der Waals surface area contributed by atoms with E-state index >= 15 is 0 Å². The summed E-state index contributed by atoms with van der Waals surface area (Å²) in [5.74, 6) is -0.197. The molecule has 1 aromatic heterocycles. The minimum atomic E-state index is -3.77. The van der Waals surface area contributed by atoms with E-state index in [2.05, 4.69) is 10.3 Å². The zero-order valence-electron chi connectivity index (χ0n) is 17.1. The molecular weight excluding hydrogens is 438 g/mol. The topological polar surface area (TPSA) is 88.6 Å². The number of hydrogen-bond donors (Lipinski definition) is 1. The molecule has 0 bridgehead atoms. The van der Waals surface area contributed by atoms with Crippen LogP contribution in [0.5, 0.6) is 5.75 Å². The van der Waals surface area contributed by atoms with Crippen LogP contribution in [0.3, 0.4) is 0 Å². The summed E-state index contributed by atoms with van der Waals surface area (Å²) in [6.07, 6.45) is 5.25. The lowest BCUT2D eigenvalue weighted by molar-refractivity contribution is -0.114. The van der Waals surface area contributed by atoms with Crippen LogP contribution in [-0.4, -0.2) is 39.2 Å². The maximum Gasteiger partial charge on any atom is 0.245 e. The van der Waals surface area contributed by atoms with Gasteiger partial charge in [-0.05, 0) is 60.0 Å². The summed E-state index contributed by atoms with van der Waals surface area (Å²) in [5, 5.41) is 3.06. The van der Waals surface area contributed by atoms with Gasteiger partial charge in [-0.2, -0.15) is 0 Å². The van der Waals surface area contributed by atoms with E-state index in [1.165, 1.54) is 13.2 Å². The number of carbonyl (C=O) groups is 1. The first-order chi connectivity index (χ1) is 14.8. The van der Waals surface area contributed by atoms with Gasteiger partial charge in [0.05, 0.1) is 19.1 Å². The third-order valence-corrected chi connectivity index (χ3v) is 5.85. The van der Waals surface area contributed by atoms with Crippen LogP contribution in [0.15, 0.2) is 67.0 Å². The Morgan fingerprint density at radius 2 is 1.71 bits per heavy atom. The molecule has 0 aliphatic rings. The lowest BCUT2D eigenvalue weighted by Crippen LogP contribution is -2.37. The number of carbonyl (C=O) groups excluding carboxylic acids is 1. The summed E-state index contributed by atoms with van der Waals surface area (Å²) in [6, 6.07) is 15.8. The molecule has 0 saturated carbocycles. The fourth-order valence-corrected chi connectivity index (χ4v) is 4.03. The molecule has 0 radical (unpaired) electrons. The van der Waals surface area contributed by atoms with E-state index < -0.39 is 22.5 Å². The van der Waals surface area contributed by atoms with Gasteiger partial charge in [-0.3, -0.25) is 14.1 Å². The molecule has 0 atom stereocenters. The number of rotatable bonds is 8. The van der Waals surface area contributed by atoms with Crippen molar-refractivity contribution in [1.29, 1.82) is 0 Å². The van der Waals surface area contributed by atoms with Crippen LogP contribution in [0, 0.1) is 0 Å². The Balaban J connectivity index is 1.72. The number of amides is 1. The highest BCUT2D eigenvalue weighted by Gasteiger charge is 2.24. The van der Waals surface area contributed by atoms with Crippen LogP contribution in [0.1, 0.15) is 11.1 Å². The molecule has 0 saturated heterocycles. The number of sulfonamides is 1. The van der Waals surface area contributed by atoms with Crippen molar-refractivity contribution >= 4 is 38.9 Å². The van der Waals surface area contributed by atoms with Crippen LogP contribution in [-0.2, 0) is 21.2 Å². The quantitative estimate of drug-likeness (QED) is 0.554. The van der Waals surface area contributed by atoms with Crippen molar-refractivity contribution < 1.29 is 17.9 Å². The summed E-state index contributed by atoms with van der Waals surface area (Å²) < 4.78 is 30.9. The van der Waals surface area contributed by atoms with Gasteiger partial charge in [0.2, 0.25) is 15.9 Å². The first-order valence-corrected chi connectivity index (χ1v) is 11.6. The predicted octanol–water partition coefficient (Wildman–Crippen LogP) is 3.74. The monoisotopic (exact) mass is 459 g/mol. The second-order valence-electron chi connectivity index (χ2n) is 6.86. The average Bonchev–Trinajstić information content (AvgIpc) is 2.73. The minimum Gasteiger partial charge on any atom is -0.495 e. The fraction of sp³-hybridized carbons (Fsp3) is 0.182. The van der Waals surface area contributed by atoms with Crippen molar-refractivity contribution in [3.63, 3.8) is 0 Å². The molecule has 1 heterocycles. The van der Waals surface area contributed by atoms with Crippen molar-refractivity contribution in [3.05, 3.63) is 83.1 Å². The molecule has 31 heavy (non-hydrogen) atoms. The van der Waals surface area contributed by atoms with Crippen LogP contribution in [0.25, 0.3) is 0 Å². The van der Waals surface area contributed by atoms with E-state index in [-0.39, 0.29) is 5.69 Å². The van der Waals surface area contributed by atoms with E-state index in [9.17, 15) is 13.2 Å². The number of nitrogens with one attached hydrogen (secondary N) is 1. The molecule has 1 amide bonds. The third-order valence-electron chi connectivity index (χ3n) is 4.49. The summed E-state index contributed by atoms with van der Waals surface area (Å²) >= 11 is 6.03. The van der Waals surface area contributed by atoms with Crippen LogP contribution >= 0.6 is 11.6 Å².